The van der Waals surface area contributed by atoms with Crippen LogP contribution in [0.2, 0.25) is 0 Å². The Morgan fingerprint density at radius 2 is 2.07 bits per heavy atom. The summed E-state index contributed by atoms with van der Waals surface area (Å²) in [5, 5.41) is 1.00. The Morgan fingerprint density at radius 3 is 2.82 bits per heavy atom. The van der Waals surface area contributed by atoms with Crippen molar-refractivity contribution in [3.8, 4) is 0 Å². The van der Waals surface area contributed by atoms with Crippen LogP contribution in [-0.2, 0) is 16.0 Å². The van der Waals surface area contributed by atoms with Crippen LogP contribution in [0.1, 0.15) is 44.3 Å². The van der Waals surface area contributed by atoms with Crippen LogP contribution in [0.25, 0.3) is 10.1 Å². The standard InChI is InChI=1S/C22H23NO4S/c1-14-10-18(15(2)23(14)12-17-7-5-9-26-17)19(24)13-27-22(25)21-11-16-6-3-4-8-20(16)28-21/h3-4,6,8,10-11,17H,5,7,9,12-13H2,1-2H3/t17-/m1/s1. The van der Waals surface area contributed by atoms with Gasteiger partial charge >= 0.3 is 5.97 Å². The van der Waals surface area contributed by atoms with Crippen molar-refractivity contribution in [3.05, 3.63) is 58.2 Å². The van der Waals surface area contributed by atoms with Gasteiger partial charge in [0.15, 0.2) is 6.61 Å². The van der Waals surface area contributed by atoms with E-state index in [1.54, 1.807) is 6.07 Å². The van der Waals surface area contributed by atoms with E-state index in [-0.39, 0.29) is 18.5 Å². The van der Waals surface area contributed by atoms with Gasteiger partial charge in [0.1, 0.15) is 4.88 Å². The van der Waals surface area contributed by atoms with Gasteiger partial charge in [-0.3, -0.25) is 4.79 Å². The van der Waals surface area contributed by atoms with Crippen LogP contribution in [-0.4, -0.2) is 35.6 Å². The molecule has 6 heteroatoms. The van der Waals surface area contributed by atoms with Crippen LogP contribution in [0.4, 0.5) is 0 Å². The number of benzene rings is 1. The second-order valence-electron chi connectivity index (χ2n) is 7.18. The molecule has 0 bridgehead atoms. The zero-order valence-electron chi connectivity index (χ0n) is 16.1. The molecule has 28 heavy (non-hydrogen) atoms. The van der Waals surface area contributed by atoms with Crippen molar-refractivity contribution in [1.29, 1.82) is 0 Å². The zero-order chi connectivity index (χ0) is 19.7. The molecule has 146 valence electrons. The molecule has 0 N–H and O–H groups in total. The molecule has 3 aromatic rings. The second kappa shape index (κ2) is 7.89. The van der Waals surface area contributed by atoms with Crippen molar-refractivity contribution < 1.29 is 19.1 Å². The summed E-state index contributed by atoms with van der Waals surface area (Å²) in [6.07, 6.45) is 2.34. The Bertz CT molecular complexity index is 994. The lowest BCUT2D eigenvalue weighted by molar-refractivity contribution is 0.0479. The number of carbonyl (C=O) groups excluding carboxylic acids is 2. The summed E-state index contributed by atoms with van der Waals surface area (Å²) in [6.45, 7) is 5.23. The fourth-order valence-corrected chi connectivity index (χ4v) is 4.68. The van der Waals surface area contributed by atoms with Gasteiger partial charge in [0.2, 0.25) is 5.78 Å². The molecule has 0 unspecified atom stereocenters. The molecule has 0 amide bonds. The van der Waals surface area contributed by atoms with E-state index in [9.17, 15) is 9.59 Å². The van der Waals surface area contributed by atoms with Gasteiger partial charge in [0.25, 0.3) is 0 Å². The Hall–Kier alpha value is -2.44. The van der Waals surface area contributed by atoms with Gasteiger partial charge in [-0.05, 0) is 50.3 Å². The molecule has 1 aromatic carbocycles. The lowest BCUT2D eigenvalue weighted by atomic mass is 10.1. The summed E-state index contributed by atoms with van der Waals surface area (Å²) in [7, 11) is 0. The first kappa shape index (κ1) is 18.9. The Morgan fingerprint density at radius 1 is 1.25 bits per heavy atom. The third-order valence-corrected chi connectivity index (χ3v) is 6.34. The smallest absolute Gasteiger partial charge is 0.348 e. The van der Waals surface area contributed by atoms with Crippen molar-refractivity contribution in [2.24, 2.45) is 0 Å². The van der Waals surface area contributed by atoms with E-state index in [0.717, 1.165) is 47.5 Å². The first-order valence-corrected chi connectivity index (χ1v) is 10.3. The molecule has 1 atom stereocenters. The van der Waals surface area contributed by atoms with E-state index in [1.165, 1.54) is 11.3 Å². The number of nitrogens with zero attached hydrogens (tertiary/aromatic N) is 1. The molecule has 5 nitrogen and oxygen atoms in total. The van der Waals surface area contributed by atoms with Crippen LogP contribution >= 0.6 is 11.3 Å². The van der Waals surface area contributed by atoms with Gasteiger partial charge in [0, 0.05) is 34.8 Å². The molecule has 4 rings (SSSR count). The fourth-order valence-electron chi connectivity index (χ4n) is 3.72. The molecule has 1 fully saturated rings. The van der Waals surface area contributed by atoms with E-state index in [0.29, 0.717) is 10.4 Å². The summed E-state index contributed by atoms with van der Waals surface area (Å²) in [5.41, 5.74) is 2.53. The monoisotopic (exact) mass is 397 g/mol. The average Bonchev–Trinajstić information content (AvgIpc) is 3.41. The Kier molecular flexibility index (Phi) is 5.33. The highest BCUT2D eigenvalue weighted by molar-refractivity contribution is 7.20. The predicted molar refractivity (Wildman–Crippen MR) is 109 cm³/mol. The summed E-state index contributed by atoms with van der Waals surface area (Å²) < 4.78 is 14.2. The van der Waals surface area contributed by atoms with Crippen molar-refractivity contribution >= 4 is 33.2 Å². The molecule has 1 saturated heterocycles. The lowest BCUT2D eigenvalue weighted by Gasteiger charge is -2.14. The number of hydrogen-bond acceptors (Lipinski definition) is 5. The average molecular weight is 397 g/mol. The minimum atomic E-state index is -0.456. The number of carbonyl (C=O) groups is 2. The topological polar surface area (TPSA) is 57.5 Å². The van der Waals surface area contributed by atoms with Crippen LogP contribution in [0.5, 0.6) is 0 Å². The maximum atomic E-state index is 12.7. The summed E-state index contributed by atoms with van der Waals surface area (Å²) in [4.78, 5) is 25.5. The predicted octanol–water partition coefficient (Wildman–Crippen LogP) is 4.54. The highest BCUT2D eigenvalue weighted by atomic mass is 32.1. The molecule has 0 aliphatic carbocycles. The van der Waals surface area contributed by atoms with Gasteiger partial charge in [-0.1, -0.05) is 18.2 Å². The molecule has 1 aliphatic heterocycles. The minimum absolute atomic E-state index is 0.179. The molecular formula is C22H23NO4S. The summed E-state index contributed by atoms with van der Waals surface area (Å²) in [6, 6.07) is 11.5. The number of hydrogen-bond donors (Lipinski definition) is 0. The van der Waals surface area contributed by atoms with E-state index < -0.39 is 5.97 Å². The highest BCUT2D eigenvalue weighted by Crippen LogP contribution is 2.26. The van der Waals surface area contributed by atoms with Gasteiger partial charge in [-0.15, -0.1) is 11.3 Å². The van der Waals surface area contributed by atoms with Crippen LogP contribution in [0.15, 0.2) is 36.4 Å². The molecule has 0 radical (unpaired) electrons. The van der Waals surface area contributed by atoms with E-state index in [2.05, 4.69) is 4.57 Å². The first-order valence-electron chi connectivity index (χ1n) is 9.50. The van der Waals surface area contributed by atoms with Gasteiger partial charge in [-0.2, -0.15) is 0 Å². The Balaban J connectivity index is 1.42. The molecule has 0 spiro atoms. The Labute approximate surface area is 167 Å². The minimum Gasteiger partial charge on any atom is -0.453 e. The maximum Gasteiger partial charge on any atom is 0.348 e. The third kappa shape index (κ3) is 3.75. The quantitative estimate of drug-likeness (QED) is 0.453. The SMILES string of the molecule is Cc1cc(C(=O)COC(=O)c2cc3ccccc3s2)c(C)n1C[C@H]1CCCO1. The second-order valence-corrected chi connectivity index (χ2v) is 8.26. The lowest BCUT2D eigenvalue weighted by Crippen LogP contribution is -2.18. The number of esters is 1. The number of aryl methyl sites for hydroxylation is 1. The van der Waals surface area contributed by atoms with Crippen molar-refractivity contribution in [2.75, 3.05) is 13.2 Å². The first-order chi connectivity index (χ1) is 13.5. The molecular weight excluding hydrogens is 374 g/mol. The zero-order valence-corrected chi connectivity index (χ0v) is 16.9. The van der Waals surface area contributed by atoms with Gasteiger partial charge in [-0.25, -0.2) is 4.79 Å². The van der Waals surface area contributed by atoms with Crippen molar-refractivity contribution in [2.45, 2.75) is 39.3 Å². The number of rotatable bonds is 6. The van der Waals surface area contributed by atoms with Gasteiger partial charge in [0.05, 0.1) is 6.10 Å². The van der Waals surface area contributed by atoms with Crippen LogP contribution in [0.3, 0.4) is 0 Å². The number of ether oxygens (including phenoxy) is 2. The molecule has 3 heterocycles. The highest BCUT2D eigenvalue weighted by Gasteiger charge is 2.22. The number of fused-ring (bicyclic) bond motifs is 1. The third-order valence-electron chi connectivity index (χ3n) is 5.25. The van der Waals surface area contributed by atoms with E-state index >= 15 is 0 Å². The number of ketones is 1. The van der Waals surface area contributed by atoms with E-state index in [4.69, 9.17) is 9.47 Å². The summed E-state index contributed by atoms with van der Waals surface area (Å²) in [5.74, 6) is -0.635. The van der Waals surface area contributed by atoms with Crippen LogP contribution in [0, 0.1) is 13.8 Å². The van der Waals surface area contributed by atoms with Gasteiger partial charge < -0.3 is 14.0 Å². The van der Waals surface area contributed by atoms with E-state index in [1.807, 2.05) is 44.2 Å². The largest absolute Gasteiger partial charge is 0.453 e. The molecule has 2 aromatic heterocycles. The molecule has 1 aliphatic rings. The number of aromatic nitrogens is 1. The molecule has 0 saturated carbocycles. The van der Waals surface area contributed by atoms with Crippen LogP contribution < -0.4 is 0 Å². The number of Topliss-reactive ketones (excluding diaryl/α,β-unsaturated/α-hetero) is 1. The van der Waals surface area contributed by atoms with Crippen molar-refractivity contribution in [1.82, 2.24) is 4.57 Å². The maximum absolute atomic E-state index is 12.7. The summed E-state index contributed by atoms with van der Waals surface area (Å²) >= 11 is 1.38. The fraction of sp³-hybridized carbons (Fsp3) is 0.364. The van der Waals surface area contributed by atoms with Crippen molar-refractivity contribution in [3.63, 3.8) is 0 Å². The normalized spacial score (nSPS) is 16.6. The number of thiophene rings is 1.